The summed E-state index contributed by atoms with van der Waals surface area (Å²) in [5.41, 5.74) is 7.94. The van der Waals surface area contributed by atoms with Crippen molar-refractivity contribution in [3.8, 4) is 0 Å². The molecule has 0 amide bonds. The van der Waals surface area contributed by atoms with E-state index in [2.05, 4.69) is 10.3 Å². The number of halogens is 1. The van der Waals surface area contributed by atoms with Gasteiger partial charge in [0.2, 0.25) is 0 Å². The summed E-state index contributed by atoms with van der Waals surface area (Å²) in [6.07, 6.45) is 3.43. The molecule has 1 heterocycles. The summed E-state index contributed by atoms with van der Waals surface area (Å²) in [4.78, 5) is 4.34. The lowest BCUT2D eigenvalue weighted by Gasteiger charge is -2.09. The lowest BCUT2D eigenvalue weighted by molar-refractivity contribution is 1.32. The van der Waals surface area contributed by atoms with Crippen molar-refractivity contribution in [2.45, 2.75) is 0 Å². The summed E-state index contributed by atoms with van der Waals surface area (Å²) in [6.45, 7) is 0. The fraction of sp³-hybridized carbons (Fsp3) is 0. The molecule has 5 heteroatoms. The van der Waals surface area contributed by atoms with Gasteiger partial charge >= 0.3 is 0 Å². The van der Waals surface area contributed by atoms with Crippen molar-refractivity contribution in [1.82, 2.24) is 4.98 Å². The second kappa shape index (κ2) is 5.12. The Bertz CT molecular complexity index is 543. The van der Waals surface area contributed by atoms with Gasteiger partial charge < -0.3 is 11.1 Å². The number of nitrogens with two attached hydrogens (primary N) is 1. The van der Waals surface area contributed by atoms with Gasteiger partial charge in [-0.05, 0) is 30.3 Å². The lowest BCUT2D eigenvalue weighted by atomic mass is 10.2. The van der Waals surface area contributed by atoms with Crippen LogP contribution in [0.2, 0.25) is 5.02 Å². The first-order chi connectivity index (χ1) is 8.16. The van der Waals surface area contributed by atoms with Crippen LogP contribution in [0, 0.1) is 0 Å². The smallest absolute Gasteiger partial charge is 0.104 e. The van der Waals surface area contributed by atoms with Crippen LogP contribution >= 0.6 is 23.8 Å². The average molecular weight is 264 g/mol. The zero-order valence-corrected chi connectivity index (χ0v) is 10.4. The molecule has 3 nitrogen and oxygen atoms in total. The van der Waals surface area contributed by atoms with Crippen LogP contribution < -0.4 is 11.1 Å². The highest BCUT2D eigenvalue weighted by molar-refractivity contribution is 7.80. The monoisotopic (exact) mass is 263 g/mol. The first-order valence-corrected chi connectivity index (χ1v) is 5.72. The zero-order chi connectivity index (χ0) is 12.3. The number of nitrogens with one attached hydrogen (secondary N) is 1. The number of hydrogen-bond donors (Lipinski definition) is 2. The molecule has 0 atom stereocenters. The van der Waals surface area contributed by atoms with E-state index in [4.69, 9.17) is 29.6 Å². The standard InChI is InChI=1S/C12H10ClN3S/c13-10-6-8(12(14)17)3-4-11(10)16-9-2-1-5-15-7-9/h1-7,16H,(H2,14,17). The molecule has 86 valence electrons. The van der Waals surface area contributed by atoms with E-state index in [1.54, 1.807) is 18.5 Å². The van der Waals surface area contributed by atoms with Gasteiger partial charge in [0.05, 0.1) is 22.6 Å². The Morgan fingerprint density at radius 1 is 1.35 bits per heavy atom. The highest BCUT2D eigenvalue weighted by atomic mass is 35.5. The van der Waals surface area contributed by atoms with Crippen molar-refractivity contribution in [1.29, 1.82) is 0 Å². The number of thiocarbonyl (C=S) groups is 1. The number of benzene rings is 1. The van der Waals surface area contributed by atoms with Crippen molar-refractivity contribution >= 4 is 40.2 Å². The van der Waals surface area contributed by atoms with E-state index in [0.717, 1.165) is 16.9 Å². The van der Waals surface area contributed by atoms with Gasteiger partial charge in [-0.1, -0.05) is 23.8 Å². The first kappa shape index (κ1) is 11.8. The molecule has 0 saturated carbocycles. The highest BCUT2D eigenvalue weighted by Crippen LogP contribution is 2.26. The number of nitrogens with zero attached hydrogens (tertiary/aromatic N) is 1. The van der Waals surface area contributed by atoms with Gasteiger partial charge in [-0.2, -0.15) is 0 Å². The Morgan fingerprint density at radius 3 is 2.76 bits per heavy atom. The highest BCUT2D eigenvalue weighted by Gasteiger charge is 2.03. The molecule has 0 radical (unpaired) electrons. The number of aromatic nitrogens is 1. The van der Waals surface area contributed by atoms with E-state index < -0.39 is 0 Å². The minimum Gasteiger partial charge on any atom is -0.389 e. The molecule has 0 unspecified atom stereocenters. The third kappa shape index (κ3) is 2.93. The van der Waals surface area contributed by atoms with Crippen molar-refractivity contribution in [2.75, 3.05) is 5.32 Å². The quantitative estimate of drug-likeness (QED) is 0.836. The summed E-state index contributed by atoms with van der Waals surface area (Å²) in [5, 5.41) is 3.73. The molecule has 0 fully saturated rings. The first-order valence-electron chi connectivity index (χ1n) is 4.93. The molecule has 2 rings (SSSR count). The topological polar surface area (TPSA) is 50.9 Å². The number of anilines is 2. The molecular formula is C12H10ClN3S. The van der Waals surface area contributed by atoms with E-state index in [-0.39, 0.29) is 0 Å². The summed E-state index contributed by atoms with van der Waals surface area (Å²) in [5.74, 6) is 0. The van der Waals surface area contributed by atoms with Crippen molar-refractivity contribution in [3.63, 3.8) is 0 Å². The molecule has 0 aliphatic rings. The molecule has 2 aromatic rings. The molecule has 3 N–H and O–H groups in total. The summed E-state index contributed by atoms with van der Waals surface area (Å²) in [6, 6.07) is 9.16. The SMILES string of the molecule is NC(=S)c1ccc(Nc2cccnc2)c(Cl)c1. The molecular weight excluding hydrogens is 254 g/mol. The van der Waals surface area contributed by atoms with Crippen LogP contribution in [0.15, 0.2) is 42.7 Å². The van der Waals surface area contributed by atoms with Crippen LogP contribution in [0.25, 0.3) is 0 Å². The molecule has 1 aromatic heterocycles. The van der Waals surface area contributed by atoms with E-state index in [1.807, 2.05) is 24.3 Å². The molecule has 0 aliphatic heterocycles. The van der Waals surface area contributed by atoms with E-state index in [1.165, 1.54) is 0 Å². The van der Waals surface area contributed by atoms with Crippen LogP contribution in [0.3, 0.4) is 0 Å². The Morgan fingerprint density at radius 2 is 2.18 bits per heavy atom. The van der Waals surface area contributed by atoms with Gasteiger partial charge in [0.1, 0.15) is 4.99 Å². The molecule has 0 aliphatic carbocycles. The maximum atomic E-state index is 6.13. The van der Waals surface area contributed by atoms with Gasteiger partial charge in [-0.25, -0.2) is 0 Å². The Hall–Kier alpha value is -1.65. The van der Waals surface area contributed by atoms with Gasteiger partial charge in [-0.3, -0.25) is 4.98 Å². The van der Waals surface area contributed by atoms with E-state index in [0.29, 0.717) is 10.0 Å². The minimum atomic E-state index is 0.333. The van der Waals surface area contributed by atoms with Crippen LogP contribution in [-0.2, 0) is 0 Å². The fourth-order valence-electron chi connectivity index (χ4n) is 1.36. The molecule has 0 saturated heterocycles. The maximum absolute atomic E-state index is 6.13. The van der Waals surface area contributed by atoms with E-state index in [9.17, 15) is 0 Å². The predicted molar refractivity (Wildman–Crippen MR) is 74.9 cm³/mol. The predicted octanol–water partition coefficient (Wildman–Crippen LogP) is 3.11. The van der Waals surface area contributed by atoms with Crippen LogP contribution in [0.4, 0.5) is 11.4 Å². The average Bonchev–Trinajstić information content (AvgIpc) is 2.33. The van der Waals surface area contributed by atoms with Crippen LogP contribution in [0.5, 0.6) is 0 Å². The molecule has 0 bridgehead atoms. The number of pyridine rings is 1. The second-order valence-electron chi connectivity index (χ2n) is 3.43. The van der Waals surface area contributed by atoms with Crippen LogP contribution in [0.1, 0.15) is 5.56 Å². The second-order valence-corrected chi connectivity index (χ2v) is 4.27. The van der Waals surface area contributed by atoms with Gasteiger partial charge in [0, 0.05) is 11.8 Å². The Kier molecular flexibility index (Phi) is 3.56. The maximum Gasteiger partial charge on any atom is 0.104 e. The number of rotatable bonds is 3. The summed E-state index contributed by atoms with van der Waals surface area (Å²) in [7, 11) is 0. The Balaban J connectivity index is 2.26. The summed E-state index contributed by atoms with van der Waals surface area (Å²) < 4.78 is 0. The minimum absolute atomic E-state index is 0.333. The van der Waals surface area contributed by atoms with Crippen molar-refractivity contribution in [2.24, 2.45) is 5.73 Å². The molecule has 17 heavy (non-hydrogen) atoms. The van der Waals surface area contributed by atoms with Gasteiger partial charge in [0.15, 0.2) is 0 Å². The summed E-state index contributed by atoms with van der Waals surface area (Å²) >= 11 is 11.0. The molecule has 1 aromatic carbocycles. The normalized spacial score (nSPS) is 9.94. The van der Waals surface area contributed by atoms with Crippen molar-refractivity contribution in [3.05, 3.63) is 53.3 Å². The Labute approximate surface area is 110 Å². The zero-order valence-electron chi connectivity index (χ0n) is 8.85. The number of hydrogen-bond acceptors (Lipinski definition) is 3. The van der Waals surface area contributed by atoms with E-state index >= 15 is 0 Å². The van der Waals surface area contributed by atoms with Crippen molar-refractivity contribution < 1.29 is 0 Å². The third-order valence-electron chi connectivity index (χ3n) is 2.19. The lowest BCUT2D eigenvalue weighted by Crippen LogP contribution is -2.09. The van der Waals surface area contributed by atoms with Gasteiger partial charge in [-0.15, -0.1) is 0 Å². The van der Waals surface area contributed by atoms with Gasteiger partial charge in [0.25, 0.3) is 0 Å². The third-order valence-corrected chi connectivity index (χ3v) is 2.74. The van der Waals surface area contributed by atoms with Crippen LogP contribution in [-0.4, -0.2) is 9.97 Å². The largest absolute Gasteiger partial charge is 0.389 e. The molecule has 0 spiro atoms. The fourth-order valence-corrected chi connectivity index (χ4v) is 1.72.